The highest BCUT2D eigenvalue weighted by atomic mass is 32.1. The van der Waals surface area contributed by atoms with Crippen molar-refractivity contribution in [2.75, 3.05) is 206 Å². The predicted molar refractivity (Wildman–Crippen MR) is 559 cm³/mol. The van der Waals surface area contributed by atoms with Gasteiger partial charge in [0, 0.05) is 181 Å². The number of hydrogen-bond acceptors (Lipinski definition) is 37. The number of carbonyl (C=O) groups is 4. The van der Waals surface area contributed by atoms with Gasteiger partial charge in [-0.3, -0.25) is 21.3 Å². The normalized spacial score (nSPS) is 10.9. The van der Waals surface area contributed by atoms with Crippen molar-refractivity contribution < 1.29 is 42.9 Å². The molecule has 0 saturated carbocycles. The molecule has 141 heavy (non-hydrogen) atoms. The first-order valence-corrected chi connectivity index (χ1v) is 48.4. The van der Waals surface area contributed by atoms with E-state index >= 15 is 0 Å². The van der Waals surface area contributed by atoms with Gasteiger partial charge in [0.15, 0.2) is 37.6 Å². The number of nitrogens with zero attached hydrogens (tertiary/aromatic N) is 20. The van der Waals surface area contributed by atoms with Crippen LogP contribution in [0.25, 0.3) is 43.9 Å². The van der Waals surface area contributed by atoms with E-state index in [1.807, 2.05) is 213 Å². The molecule has 0 aliphatic carbocycles. The predicted octanol–water partition coefficient (Wildman–Crippen LogP) is 16.1. The molecular weight excluding hydrogens is 1870 g/mol. The number of nitrogens with one attached hydrogen (secondary N) is 12. The number of para-hydroxylation sites is 4. The van der Waals surface area contributed by atoms with Crippen molar-refractivity contribution in [3.05, 3.63) is 234 Å². The van der Waals surface area contributed by atoms with Gasteiger partial charge < -0.3 is 85.8 Å². The second kappa shape index (κ2) is 54.6. The van der Waals surface area contributed by atoms with Gasteiger partial charge in [0.2, 0.25) is 17.6 Å². The molecule has 16 aromatic rings. The van der Waals surface area contributed by atoms with Crippen LogP contribution in [0.5, 0.6) is 29.3 Å². The van der Waals surface area contributed by atoms with Gasteiger partial charge in [-0.05, 0) is 130 Å². The molecule has 0 bridgehead atoms. The molecule has 0 fully saturated rings. The lowest BCUT2D eigenvalue weighted by atomic mass is 10.2. The Morgan fingerprint density at radius 1 is 0.305 bits per heavy atom. The van der Waals surface area contributed by atoms with Crippen molar-refractivity contribution in [3.8, 4) is 29.3 Å². The lowest BCUT2D eigenvalue weighted by Crippen LogP contribution is -2.19. The number of benzene rings is 4. The summed E-state index contributed by atoms with van der Waals surface area (Å²) in [6.07, 6.45) is 22.1. The second-order valence-corrected chi connectivity index (χ2v) is 36.5. The van der Waals surface area contributed by atoms with E-state index in [1.54, 1.807) is 44.3 Å². The minimum Gasteiger partial charge on any atom is -0.491 e. The number of aromatic nitrogens is 16. The van der Waals surface area contributed by atoms with Crippen LogP contribution < -0.4 is 87.5 Å². The van der Waals surface area contributed by atoms with Gasteiger partial charge in [0.1, 0.15) is 55.2 Å². The summed E-state index contributed by atoms with van der Waals surface area (Å²) in [6, 6.07) is 45.0. The zero-order valence-corrected chi connectivity index (χ0v) is 82.7. The van der Waals surface area contributed by atoms with Gasteiger partial charge in [-0.15, -0.1) is 45.3 Å². The summed E-state index contributed by atoms with van der Waals surface area (Å²) in [5, 5.41) is 41.0. The zero-order valence-electron chi connectivity index (χ0n) is 79.4. The zero-order chi connectivity index (χ0) is 98.7. The van der Waals surface area contributed by atoms with Crippen LogP contribution in [0.4, 0.5) is 85.7 Å². The average molecular weight is 1990 g/mol. The number of urea groups is 4. The number of ether oxygens (including phenoxy) is 5. The summed E-state index contributed by atoms with van der Waals surface area (Å²) in [6.45, 7) is 8.47. The maximum absolute atomic E-state index is 12.2. The monoisotopic (exact) mass is 1980 g/mol. The van der Waals surface area contributed by atoms with Crippen molar-refractivity contribution in [1.82, 2.24) is 99.3 Å². The van der Waals surface area contributed by atoms with Crippen LogP contribution >= 0.6 is 45.3 Å². The Labute approximate surface area is 830 Å². The molecule has 8 amide bonds. The highest BCUT2D eigenvalue weighted by molar-refractivity contribution is 7.16. The van der Waals surface area contributed by atoms with Gasteiger partial charge in [-0.25, -0.2) is 89.0 Å². The molecule has 0 radical (unpaired) electrons. The largest absolute Gasteiger partial charge is 0.491 e. The minimum absolute atomic E-state index is 0.323. The summed E-state index contributed by atoms with van der Waals surface area (Å²) < 4.78 is 28.6. The van der Waals surface area contributed by atoms with Crippen molar-refractivity contribution >= 4 is 180 Å². The molecule has 0 aliphatic heterocycles. The van der Waals surface area contributed by atoms with Crippen LogP contribution in [0.15, 0.2) is 214 Å². The molecule has 12 heterocycles. The molecule has 0 unspecified atom stereocenters. The Morgan fingerprint density at radius 2 is 0.660 bits per heavy atom. The van der Waals surface area contributed by atoms with Gasteiger partial charge in [0.25, 0.3) is 5.88 Å². The van der Waals surface area contributed by atoms with E-state index in [9.17, 15) is 19.2 Å². The SMILES string of the molecule is CN(C)CCCOc1cc2ncnc(NCCc3cnc(NC(=O)Nc4ccccc4)s3)c2cn1.CN(C)CCCOc1ccc2c(NCCc3cnc(NC(=O)Nc4ccccc4)s3)ncnc2n1.CN(C)CCOc1cc2c(NCCc3cnc(NC(=O)Nc4ccccc4)s3)ncnc2cn1.COc1cc2c(NCCc3cnc(NC(=O)Nc4ccccc4)s3)ncnc2nc1OCCCN(C)C. The van der Waals surface area contributed by atoms with Gasteiger partial charge in [-0.2, -0.15) is 9.97 Å². The van der Waals surface area contributed by atoms with E-state index < -0.39 is 0 Å². The summed E-state index contributed by atoms with van der Waals surface area (Å²) in [7, 11) is 17.8. The maximum atomic E-state index is 12.2. The molecule has 45 heteroatoms. The molecule has 12 aromatic heterocycles. The fourth-order valence-electron chi connectivity index (χ4n) is 13.1. The number of fused-ring (bicyclic) bond motifs is 4. The van der Waals surface area contributed by atoms with E-state index in [0.717, 1.165) is 140 Å². The van der Waals surface area contributed by atoms with Gasteiger partial charge in [-0.1, -0.05) is 72.8 Å². The topological polar surface area (TPSA) is 478 Å². The summed E-state index contributed by atoms with van der Waals surface area (Å²) in [5.41, 5.74) is 5.50. The molecule has 41 nitrogen and oxygen atoms in total. The van der Waals surface area contributed by atoms with E-state index in [0.29, 0.717) is 143 Å². The third-order valence-corrected chi connectivity index (χ3v) is 23.8. The summed E-state index contributed by atoms with van der Waals surface area (Å²) in [4.78, 5) is 131. The Morgan fingerprint density at radius 3 is 1.08 bits per heavy atom. The Balaban J connectivity index is 0.000000158. The van der Waals surface area contributed by atoms with Crippen LogP contribution in [0, 0.1) is 0 Å². The number of pyridine rings is 4. The molecule has 0 spiro atoms. The number of thiazole rings is 4. The molecule has 0 saturated heterocycles. The van der Waals surface area contributed by atoms with Crippen LogP contribution in [0.2, 0.25) is 0 Å². The lowest BCUT2D eigenvalue weighted by molar-refractivity contribution is 0.254. The lowest BCUT2D eigenvalue weighted by Gasteiger charge is -2.13. The van der Waals surface area contributed by atoms with E-state index in [4.69, 9.17) is 23.7 Å². The minimum atomic E-state index is -0.333. The van der Waals surface area contributed by atoms with Crippen LogP contribution in [-0.2, 0) is 25.7 Å². The smallest absolute Gasteiger partial charge is 0.325 e. The van der Waals surface area contributed by atoms with E-state index in [1.165, 1.54) is 70.7 Å². The van der Waals surface area contributed by atoms with Crippen LogP contribution in [-0.4, -0.2) is 266 Å². The van der Waals surface area contributed by atoms with Crippen molar-refractivity contribution in [3.63, 3.8) is 0 Å². The van der Waals surface area contributed by atoms with Crippen molar-refractivity contribution in [2.24, 2.45) is 0 Å². The average Bonchev–Trinajstić information content (AvgIpc) is 1.42. The molecule has 16 rings (SSSR count). The fourth-order valence-corrected chi connectivity index (χ4v) is 16.3. The molecule has 0 aliphatic rings. The number of rotatable bonds is 44. The number of amides is 8. The van der Waals surface area contributed by atoms with E-state index in [2.05, 4.69) is 158 Å². The Bertz CT molecular complexity index is 6420. The van der Waals surface area contributed by atoms with Crippen LogP contribution in [0.3, 0.4) is 0 Å². The second-order valence-electron chi connectivity index (χ2n) is 32.0. The Hall–Kier alpha value is -15.5. The number of methoxy groups -OCH3 is 1. The number of anilines is 12. The quantitative estimate of drug-likeness (QED) is 0.0158. The fraction of sp³-hybridized carbons (Fsp3) is 0.292. The van der Waals surface area contributed by atoms with Crippen LogP contribution in [0.1, 0.15) is 38.8 Å². The molecule has 4 aromatic carbocycles. The highest BCUT2D eigenvalue weighted by Gasteiger charge is 2.19. The molecule has 734 valence electrons. The standard InChI is InChI=1S/C25H30N8O3S.2C24H28N8O2S.C23H26N8O2S/c1-33(2)12-7-13-36-23-20(35-3)14-19-21(28-16-29-22(19)31-23)26-11-10-18-15-27-25(37-18)32-24(34)30-17-8-5-4-6-9-17;1-32(2)13-6-14-34-20-10-9-19-21(27-16-28-22(19)30-20)25-12-11-18-15-26-24(35-18)31-23(33)29-17-7-4-3-5-8-17;1-32(2)11-6-12-34-21-13-20-19(15-26-21)22(29-16-28-20)25-10-9-18-14-27-24(35-18)31-23(33)30-17-7-4-3-5-8-17;1-31(2)10-11-33-20-12-18-19(14-25-20)27-15-28-21(18)24-9-8-17-13-26-23(34-17)30-22(32)29-16-6-4-3-5-7-16/h4-6,8-9,14-16H,7,10-13H2,1-3H3,(H,26,28,29,31)(H2,27,30,32,34);3-5,7-10,15-16H,6,11-14H2,1-2H3,(H,25,27,28,30)(H2,26,29,31,33);3-5,7-8,13-16H,6,9-12H2,1-2H3,(H,25,28,29)(H2,27,30,31,33);3-7,12-15H,8-11H2,1-2H3,(H,24,27,28)(H2,26,29,30,32). The van der Waals surface area contributed by atoms with Crippen molar-refractivity contribution in [2.45, 2.75) is 44.9 Å². The summed E-state index contributed by atoms with van der Waals surface area (Å²) >= 11 is 5.73. The molecular formula is C96H112N32O9S4. The first-order valence-electron chi connectivity index (χ1n) is 45.1. The van der Waals surface area contributed by atoms with Crippen molar-refractivity contribution in [1.29, 1.82) is 0 Å². The Kier molecular flexibility index (Phi) is 39.8. The molecule has 12 N–H and O–H groups in total. The number of hydrogen-bond donors (Lipinski definition) is 12. The first-order chi connectivity index (χ1) is 68.7. The molecule has 0 atom stereocenters. The highest BCUT2D eigenvalue weighted by Crippen LogP contribution is 2.33. The third-order valence-electron chi connectivity index (χ3n) is 19.9. The van der Waals surface area contributed by atoms with E-state index in [-0.39, 0.29) is 24.1 Å². The first kappa shape index (κ1) is 103. The third kappa shape index (κ3) is 34.6. The maximum Gasteiger partial charge on any atom is 0.325 e. The number of likely N-dealkylation sites (N-methyl/N-ethyl adjacent to an activating group) is 1. The van der Waals surface area contributed by atoms with Gasteiger partial charge >= 0.3 is 24.1 Å². The summed E-state index contributed by atoms with van der Waals surface area (Å²) in [5.74, 6) is 5.40. The number of carbonyl (C=O) groups excluding carboxylic acids is 4. The van der Waals surface area contributed by atoms with Gasteiger partial charge in [0.05, 0.1) is 60.3 Å².